The van der Waals surface area contributed by atoms with E-state index in [-0.39, 0.29) is 6.04 Å². The third-order valence-corrected chi connectivity index (χ3v) is 4.97. The van der Waals surface area contributed by atoms with Crippen LogP contribution in [0.4, 0.5) is 0 Å². The lowest BCUT2D eigenvalue weighted by Crippen LogP contribution is -2.44. The number of likely N-dealkylation sites (N-methyl/N-ethyl adjacent to an activating group) is 1. The zero-order valence-corrected chi connectivity index (χ0v) is 11.8. The number of carboxylic acids is 1. The van der Waals surface area contributed by atoms with Gasteiger partial charge in [0.15, 0.2) is 5.75 Å². The number of hydrogen-bond donors (Lipinski definition) is 1. The summed E-state index contributed by atoms with van der Waals surface area (Å²) in [4.78, 5) is 12.6. The van der Waals surface area contributed by atoms with Gasteiger partial charge >= 0.3 is 5.97 Å². The molecule has 0 saturated heterocycles. The highest BCUT2D eigenvalue weighted by molar-refractivity contribution is 7.89. The molecule has 0 radical (unpaired) electrons. The molecular weight excluding hydrogens is 256 g/mol. The molecular formula is C11H22N2O4S. The van der Waals surface area contributed by atoms with Crippen molar-refractivity contribution in [1.29, 1.82) is 0 Å². The molecule has 0 atom stereocenters. The van der Waals surface area contributed by atoms with Gasteiger partial charge < -0.3 is 10.0 Å². The van der Waals surface area contributed by atoms with Gasteiger partial charge in [-0.05, 0) is 26.9 Å². The van der Waals surface area contributed by atoms with Gasteiger partial charge in [-0.1, -0.05) is 12.8 Å². The lowest BCUT2D eigenvalue weighted by molar-refractivity contribution is -0.134. The summed E-state index contributed by atoms with van der Waals surface area (Å²) in [7, 11) is 0.0498. The summed E-state index contributed by atoms with van der Waals surface area (Å²) < 4.78 is 25.5. The highest BCUT2D eigenvalue weighted by Gasteiger charge is 2.33. The second-order valence-corrected chi connectivity index (χ2v) is 6.92. The Labute approximate surface area is 109 Å². The van der Waals surface area contributed by atoms with E-state index in [0.717, 1.165) is 25.7 Å². The van der Waals surface area contributed by atoms with E-state index >= 15 is 0 Å². The van der Waals surface area contributed by atoms with E-state index in [0.29, 0.717) is 13.1 Å². The zero-order chi connectivity index (χ0) is 13.8. The first kappa shape index (κ1) is 15.4. The number of hydrogen-bond acceptors (Lipinski definition) is 4. The Balaban J connectivity index is 2.78. The SMILES string of the molecule is CN(C)CCN(C1CCCC1)S(=O)(=O)CC(=O)O. The zero-order valence-electron chi connectivity index (χ0n) is 11.0. The van der Waals surface area contributed by atoms with E-state index < -0.39 is 21.7 Å². The predicted octanol–water partition coefficient (Wildman–Crippen LogP) is 0.207. The van der Waals surface area contributed by atoms with Crippen LogP contribution in [0.15, 0.2) is 0 Å². The Morgan fingerprint density at radius 1 is 1.22 bits per heavy atom. The normalized spacial score (nSPS) is 17.8. The van der Waals surface area contributed by atoms with Crippen LogP contribution in [0.5, 0.6) is 0 Å². The van der Waals surface area contributed by atoms with Gasteiger partial charge in [-0.2, -0.15) is 4.31 Å². The van der Waals surface area contributed by atoms with Crippen molar-refractivity contribution in [3.05, 3.63) is 0 Å². The van der Waals surface area contributed by atoms with Crippen LogP contribution in [0.1, 0.15) is 25.7 Å². The molecule has 7 heteroatoms. The van der Waals surface area contributed by atoms with Crippen molar-refractivity contribution in [2.24, 2.45) is 0 Å². The molecule has 1 rings (SSSR count). The minimum Gasteiger partial charge on any atom is -0.480 e. The van der Waals surface area contributed by atoms with Crippen LogP contribution in [0, 0.1) is 0 Å². The molecule has 1 saturated carbocycles. The van der Waals surface area contributed by atoms with Crippen molar-refractivity contribution >= 4 is 16.0 Å². The summed E-state index contributed by atoms with van der Waals surface area (Å²) in [5, 5.41) is 8.70. The van der Waals surface area contributed by atoms with E-state index in [4.69, 9.17) is 5.11 Å². The first-order valence-electron chi connectivity index (χ1n) is 6.19. The van der Waals surface area contributed by atoms with Gasteiger partial charge in [0.25, 0.3) is 0 Å². The molecule has 1 aliphatic rings. The van der Waals surface area contributed by atoms with Gasteiger partial charge in [0.1, 0.15) is 0 Å². The highest BCUT2D eigenvalue weighted by atomic mass is 32.2. The first-order valence-corrected chi connectivity index (χ1v) is 7.80. The lowest BCUT2D eigenvalue weighted by Gasteiger charge is -2.28. The number of aliphatic carboxylic acids is 1. The fraction of sp³-hybridized carbons (Fsp3) is 0.909. The summed E-state index contributed by atoms with van der Waals surface area (Å²) in [6.45, 7) is 0.975. The Morgan fingerprint density at radius 3 is 2.22 bits per heavy atom. The van der Waals surface area contributed by atoms with E-state index in [1.807, 2.05) is 19.0 Å². The van der Waals surface area contributed by atoms with Crippen molar-refractivity contribution in [1.82, 2.24) is 9.21 Å². The molecule has 1 aliphatic carbocycles. The highest BCUT2D eigenvalue weighted by Crippen LogP contribution is 2.25. The third-order valence-electron chi connectivity index (χ3n) is 3.16. The molecule has 6 nitrogen and oxygen atoms in total. The average Bonchev–Trinajstić information content (AvgIpc) is 2.67. The maximum absolute atomic E-state index is 12.1. The van der Waals surface area contributed by atoms with E-state index in [1.54, 1.807) is 0 Å². The molecule has 0 unspecified atom stereocenters. The minimum atomic E-state index is -3.69. The standard InChI is InChI=1S/C11H22N2O4S/c1-12(2)7-8-13(10-5-3-4-6-10)18(16,17)9-11(14)15/h10H,3-9H2,1-2H3,(H,14,15). The summed E-state index contributed by atoms with van der Waals surface area (Å²) in [5.74, 6) is -2.10. The molecule has 0 aromatic heterocycles. The molecule has 0 aromatic carbocycles. The average molecular weight is 278 g/mol. The molecule has 0 bridgehead atoms. The van der Waals surface area contributed by atoms with E-state index in [2.05, 4.69) is 0 Å². The molecule has 1 fully saturated rings. The fourth-order valence-electron chi connectivity index (χ4n) is 2.28. The van der Waals surface area contributed by atoms with E-state index in [9.17, 15) is 13.2 Å². The fourth-order valence-corrected chi connectivity index (χ4v) is 3.78. The van der Waals surface area contributed by atoms with Crippen LogP contribution in [-0.4, -0.2) is 67.7 Å². The Kier molecular flexibility index (Phi) is 5.55. The van der Waals surface area contributed by atoms with Crippen LogP contribution in [-0.2, 0) is 14.8 Å². The second kappa shape index (κ2) is 6.49. The minimum absolute atomic E-state index is 0.0192. The molecule has 1 N–H and O–H groups in total. The van der Waals surface area contributed by atoms with E-state index in [1.165, 1.54) is 4.31 Å². The quantitative estimate of drug-likeness (QED) is 0.720. The van der Waals surface area contributed by atoms with Crippen molar-refractivity contribution in [3.63, 3.8) is 0 Å². The summed E-state index contributed by atoms with van der Waals surface area (Å²) in [6, 6.07) is -0.0192. The van der Waals surface area contributed by atoms with Crippen molar-refractivity contribution in [2.45, 2.75) is 31.7 Å². The van der Waals surface area contributed by atoms with Gasteiger partial charge in [0.2, 0.25) is 10.0 Å². The number of carbonyl (C=O) groups is 1. The van der Waals surface area contributed by atoms with Crippen LogP contribution in [0.3, 0.4) is 0 Å². The largest absolute Gasteiger partial charge is 0.480 e. The topological polar surface area (TPSA) is 77.9 Å². The summed E-state index contributed by atoms with van der Waals surface area (Å²) in [5.41, 5.74) is 0. The number of carboxylic acid groups (broad SMARTS) is 1. The molecule has 0 aromatic rings. The molecule has 106 valence electrons. The monoisotopic (exact) mass is 278 g/mol. The van der Waals surface area contributed by atoms with Crippen molar-refractivity contribution in [2.75, 3.05) is 32.9 Å². The molecule has 0 spiro atoms. The van der Waals surface area contributed by atoms with Crippen molar-refractivity contribution < 1.29 is 18.3 Å². The number of rotatable bonds is 7. The lowest BCUT2D eigenvalue weighted by atomic mass is 10.2. The third kappa shape index (κ3) is 4.55. The van der Waals surface area contributed by atoms with Crippen molar-refractivity contribution in [3.8, 4) is 0 Å². The Bertz CT molecular complexity index is 375. The van der Waals surface area contributed by atoms with Gasteiger partial charge in [-0.3, -0.25) is 4.79 Å². The summed E-state index contributed by atoms with van der Waals surface area (Å²) >= 11 is 0. The molecule has 0 heterocycles. The van der Waals surface area contributed by atoms with Gasteiger partial charge in [-0.25, -0.2) is 8.42 Å². The van der Waals surface area contributed by atoms with Gasteiger partial charge in [0.05, 0.1) is 0 Å². The Morgan fingerprint density at radius 2 is 1.78 bits per heavy atom. The van der Waals surface area contributed by atoms with Gasteiger partial charge in [0, 0.05) is 19.1 Å². The summed E-state index contributed by atoms with van der Waals surface area (Å²) in [6.07, 6.45) is 3.72. The molecule has 18 heavy (non-hydrogen) atoms. The van der Waals surface area contributed by atoms with Crippen LogP contribution in [0.25, 0.3) is 0 Å². The maximum atomic E-state index is 12.1. The predicted molar refractivity (Wildman–Crippen MR) is 68.9 cm³/mol. The molecule has 0 aliphatic heterocycles. The van der Waals surface area contributed by atoms with Crippen LogP contribution in [0.2, 0.25) is 0 Å². The first-order chi connectivity index (χ1) is 8.33. The smallest absolute Gasteiger partial charge is 0.320 e. The van der Waals surface area contributed by atoms with Gasteiger partial charge in [-0.15, -0.1) is 0 Å². The maximum Gasteiger partial charge on any atom is 0.320 e. The molecule has 0 amide bonds. The second-order valence-electron chi connectivity index (χ2n) is 5.00. The van der Waals surface area contributed by atoms with Crippen LogP contribution < -0.4 is 0 Å². The van der Waals surface area contributed by atoms with Crippen LogP contribution >= 0.6 is 0 Å². The Hall–Kier alpha value is -0.660. The number of nitrogens with zero attached hydrogens (tertiary/aromatic N) is 2. The number of sulfonamides is 1.